The van der Waals surface area contributed by atoms with Crippen molar-refractivity contribution < 1.29 is 9.84 Å². The van der Waals surface area contributed by atoms with Crippen LogP contribution in [-0.4, -0.2) is 18.5 Å². The first-order valence-electron chi connectivity index (χ1n) is 7.32. The quantitative estimate of drug-likeness (QED) is 0.763. The van der Waals surface area contributed by atoms with Gasteiger partial charge in [-0.2, -0.15) is 0 Å². The Hall–Kier alpha value is -1.49. The van der Waals surface area contributed by atoms with Crippen LogP contribution < -0.4 is 10.1 Å². The highest BCUT2D eigenvalue weighted by atomic mass is 32.2. The molecular weight excluding hydrogens is 294 g/mol. The third kappa shape index (κ3) is 4.03. The van der Waals surface area contributed by atoms with Gasteiger partial charge in [-0.05, 0) is 42.0 Å². The van der Waals surface area contributed by atoms with Crippen molar-refractivity contribution in [2.24, 2.45) is 0 Å². The van der Waals surface area contributed by atoms with Gasteiger partial charge in [-0.3, -0.25) is 0 Å². The molecule has 118 valence electrons. The summed E-state index contributed by atoms with van der Waals surface area (Å²) in [6.45, 7) is 2.93. The van der Waals surface area contributed by atoms with Crippen LogP contribution in [0.1, 0.15) is 29.7 Å². The Morgan fingerprint density at radius 1 is 1.18 bits per heavy atom. The zero-order valence-corrected chi connectivity index (χ0v) is 14.1. The summed E-state index contributed by atoms with van der Waals surface area (Å²) in [6, 6.07) is 14.5. The largest absolute Gasteiger partial charge is 0.496 e. The summed E-state index contributed by atoms with van der Waals surface area (Å²) in [5, 5.41) is 12.9. The predicted molar refractivity (Wildman–Crippen MR) is 92.4 cm³/mol. The molecule has 1 atom stereocenters. The molecule has 0 heterocycles. The molecule has 0 radical (unpaired) electrons. The molecule has 0 aromatic heterocycles. The van der Waals surface area contributed by atoms with Gasteiger partial charge in [0.1, 0.15) is 5.75 Å². The van der Waals surface area contributed by atoms with E-state index in [0.29, 0.717) is 0 Å². The van der Waals surface area contributed by atoms with E-state index in [2.05, 4.69) is 30.4 Å². The van der Waals surface area contributed by atoms with Crippen molar-refractivity contribution in [3.05, 3.63) is 59.2 Å². The van der Waals surface area contributed by atoms with Crippen molar-refractivity contribution in [1.29, 1.82) is 0 Å². The normalized spacial score (nSPS) is 12.2. The van der Waals surface area contributed by atoms with E-state index in [0.717, 1.165) is 28.3 Å². The molecule has 0 saturated heterocycles. The van der Waals surface area contributed by atoms with Gasteiger partial charge in [0.2, 0.25) is 0 Å². The molecular formula is C18H23NO2S. The van der Waals surface area contributed by atoms with Gasteiger partial charge in [0.05, 0.1) is 13.7 Å². The number of hydrogen-bond acceptors (Lipinski definition) is 4. The summed E-state index contributed by atoms with van der Waals surface area (Å²) >= 11 is 1.68. The summed E-state index contributed by atoms with van der Waals surface area (Å²) in [4.78, 5) is 1.14. The van der Waals surface area contributed by atoms with E-state index >= 15 is 0 Å². The van der Waals surface area contributed by atoms with Crippen LogP contribution >= 0.6 is 11.8 Å². The van der Waals surface area contributed by atoms with Crippen LogP contribution in [0.25, 0.3) is 0 Å². The van der Waals surface area contributed by atoms with E-state index in [1.165, 1.54) is 5.56 Å². The number of rotatable bonds is 7. The third-order valence-electron chi connectivity index (χ3n) is 3.80. The fraction of sp³-hybridized carbons (Fsp3) is 0.333. The highest BCUT2D eigenvalue weighted by Crippen LogP contribution is 2.30. The van der Waals surface area contributed by atoms with E-state index in [1.807, 2.05) is 30.5 Å². The van der Waals surface area contributed by atoms with Gasteiger partial charge in [-0.15, -0.1) is 11.8 Å². The monoisotopic (exact) mass is 317 g/mol. The fourth-order valence-electron chi connectivity index (χ4n) is 2.39. The highest BCUT2D eigenvalue weighted by Gasteiger charge is 2.10. The molecule has 0 amide bonds. The number of methoxy groups -OCH3 is 1. The molecule has 0 bridgehead atoms. The van der Waals surface area contributed by atoms with Crippen molar-refractivity contribution in [1.82, 2.24) is 5.32 Å². The third-order valence-corrected chi connectivity index (χ3v) is 4.57. The molecule has 0 aliphatic rings. The molecule has 2 aromatic carbocycles. The maximum absolute atomic E-state index is 9.38. The lowest BCUT2D eigenvalue weighted by molar-refractivity contribution is 0.280. The van der Waals surface area contributed by atoms with Gasteiger partial charge in [0.15, 0.2) is 0 Å². The standard InChI is InChI=1S/C18H23NO2S/c1-13(14-8-9-18(22-3)17(10-14)21-2)19-11-15-6-4-5-7-16(15)12-20/h4-10,13,19-20H,11-12H2,1-3H3. The van der Waals surface area contributed by atoms with Crippen LogP contribution in [-0.2, 0) is 13.2 Å². The molecule has 1 unspecified atom stereocenters. The van der Waals surface area contributed by atoms with E-state index in [-0.39, 0.29) is 12.6 Å². The van der Waals surface area contributed by atoms with E-state index < -0.39 is 0 Å². The zero-order chi connectivity index (χ0) is 15.9. The van der Waals surface area contributed by atoms with Crippen molar-refractivity contribution >= 4 is 11.8 Å². The second-order valence-corrected chi connectivity index (χ2v) is 5.99. The van der Waals surface area contributed by atoms with E-state index in [4.69, 9.17) is 4.74 Å². The molecule has 4 heteroatoms. The average Bonchev–Trinajstić information content (AvgIpc) is 2.59. The number of thioether (sulfide) groups is 1. The van der Waals surface area contributed by atoms with Crippen molar-refractivity contribution in [3.8, 4) is 5.75 Å². The van der Waals surface area contributed by atoms with Gasteiger partial charge in [-0.1, -0.05) is 30.3 Å². The van der Waals surface area contributed by atoms with Crippen LogP contribution in [0.3, 0.4) is 0 Å². The molecule has 0 aliphatic heterocycles. The number of aliphatic hydroxyl groups is 1. The summed E-state index contributed by atoms with van der Waals surface area (Å²) in [5.41, 5.74) is 3.29. The maximum Gasteiger partial charge on any atom is 0.132 e. The minimum absolute atomic E-state index is 0.0719. The van der Waals surface area contributed by atoms with Crippen LogP contribution in [0.15, 0.2) is 47.4 Å². The second kappa shape index (κ2) is 8.22. The SMILES string of the molecule is COc1cc(C(C)NCc2ccccc2CO)ccc1SC. The van der Waals surface area contributed by atoms with Gasteiger partial charge in [0, 0.05) is 17.5 Å². The summed E-state index contributed by atoms with van der Waals surface area (Å²) in [6.07, 6.45) is 2.05. The fourth-order valence-corrected chi connectivity index (χ4v) is 2.93. The molecule has 2 aromatic rings. The zero-order valence-electron chi connectivity index (χ0n) is 13.3. The minimum Gasteiger partial charge on any atom is -0.496 e. The summed E-state index contributed by atoms with van der Waals surface area (Å²) in [5.74, 6) is 0.911. The molecule has 3 nitrogen and oxygen atoms in total. The maximum atomic E-state index is 9.38. The molecule has 0 saturated carbocycles. The first kappa shape index (κ1) is 16.9. The van der Waals surface area contributed by atoms with Gasteiger partial charge >= 0.3 is 0 Å². The van der Waals surface area contributed by atoms with Crippen molar-refractivity contribution in [2.45, 2.75) is 31.0 Å². The Labute approximate surface area is 136 Å². The first-order chi connectivity index (χ1) is 10.7. The second-order valence-electron chi connectivity index (χ2n) is 5.14. The lowest BCUT2D eigenvalue weighted by atomic mass is 10.1. The molecule has 2 N–H and O–H groups in total. The Balaban J connectivity index is 2.07. The van der Waals surface area contributed by atoms with Gasteiger partial charge < -0.3 is 15.2 Å². The number of hydrogen-bond donors (Lipinski definition) is 2. The molecule has 2 rings (SSSR count). The molecule has 0 aliphatic carbocycles. The molecule has 22 heavy (non-hydrogen) atoms. The smallest absolute Gasteiger partial charge is 0.132 e. The lowest BCUT2D eigenvalue weighted by Gasteiger charge is -2.17. The van der Waals surface area contributed by atoms with Gasteiger partial charge in [-0.25, -0.2) is 0 Å². The molecule has 0 fully saturated rings. The van der Waals surface area contributed by atoms with Crippen LogP contribution in [0.5, 0.6) is 5.75 Å². The summed E-state index contributed by atoms with van der Waals surface area (Å²) in [7, 11) is 1.70. The Kier molecular flexibility index (Phi) is 6.31. The van der Waals surface area contributed by atoms with Crippen LogP contribution in [0, 0.1) is 0 Å². The number of aliphatic hydroxyl groups excluding tert-OH is 1. The van der Waals surface area contributed by atoms with E-state index in [9.17, 15) is 5.11 Å². The Morgan fingerprint density at radius 2 is 1.91 bits per heavy atom. The van der Waals surface area contributed by atoms with Crippen LogP contribution in [0.2, 0.25) is 0 Å². The lowest BCUT2D eigenvalue weighted by Crippen LogP contribution is -2.19. The minimum atomic E-state index is 0.0719. The highest BCUT2D eigenvalue weighted by molar-refractivity contribution is 7.98. The average molecular weight is 317 g/mol. The van der Waals surface area contributed by atoms with Crippen LogP contribution in [0.4, 0.5) is 0 Å². The topological polar surface area (TPSA) is 41.5 Å². The first-order valence-corrected chi connectivity index (χ1v) is 8.55. The van der Waals surface area contributed by atoms with Crippen molar-refractivity contribution in [3.63, 3.8) is 0 Å². The Bertz CT molecular complexity index is 616. The van der Waals surface area contributed by atoms with Crippen molar-refractivity contribution in [2.75, 3.05) is 13.4 Å². The summed E-state index contributed by atoms with van der Waals surface area (Å²) < 4.78 is 5.44. The predicted octanol–water partition coefficient (Wildman–Crippen LogP) is 3.76. The van der Waals surface area contributed by atoms with Gasteiger partial charge in [0.25, 0.3) is 0 Å². The number of nitrogens with one attached hydrogen (secondary N) is 1. The number of benzene rings is 2. The molecule has 0 spiro atoms. The Morgan fingerprint density at radius 3 is 2.55 bits per heavy atom. The number of ether oxygens (including phenoxy) is 1. The van der Waals surface area contributed by atoms with E-state index in [1.54, 1.807) is 18.9 Å².